The van der Waals surface area contributed by atoms with Crippen molar-refractivity contribution < 1.29 is 42.1 Å². The van der Waals surface area contributed by atoms with Gasteiger partial charge in [0, 0.05) is 67.8 Å². The molecule has 1 aliphatic heterocycles. The zero-order valence-corrected chi connectivity index (χ0v) is 31.9. The molecule has 0 radical (unpaired) electrons. The molecule has 14 heteroatoms. The minimum Gasteiger partial charge on any atom is -0.493 e. The number of methoxy groups -OCH3 is 1. The molecular weight excluding hydrogens is 712 g/mol. The lowest BCUT2D eigenvalue weighted by molar-refractivity contribution is -0.122. The van der Waals surface area contributed by atoms with E-state index in [0.717, 1.165) is 32.1 Å². The summed E-state index contributed by atoms with van der Waals surface area (Å²) >= 11 is 0. The number of aromatic nitrogens is 1. The van der Waals surface area contributed by atoms with Crippen molar-refractivity contribution in [3.8, 4) is 23.0 Å². The average Bonchev–Trinajstić information content (AvgIpc) is 3.73. The molecule has 3 aromatic carbocycles. The summed E-state index contributed by atoms with van der Waals surface area (Å²) in [4.78, 5) is 47.0. The molecule has 1 aliphatic carbocycles. The molecule has 1 aromatic heterocycles. The van der Waals surface area contributed by atoms with E-state index in [9.17, 15) is 18.8 Å². The van der Waals surface area contributed by atoms with Crippen molar-refractivity contribution in [1.29, 1.82) is 0 Å². The predicted molar refractivity (Wildman–Crippen MR) is 204 cm³/mol. The predicted octanol–water partition coefficient (Wildman–Crippen LogP) is 7.48. The molecule has 1 saturated carbocycles. The van der Waals surface area contributed by atoms with Gasteiger partial charge >= 0.3 is 6.09 Å². The Labute approximate surface area is 319 Å². The molecule has 2 aliphatic rings. The third kappa shape index (κ3) is 9.42. The number of fused-ring (bicyclic) bond motifs is 1. The van der Waals surface area contributed by atoms with Crippen LogP contribution in [0.15, 0.2) is 66.9 Å². The number of carbonyl (C=O) groups is 3. The van der Waals surface area contributed by atoms with Crippen LogP contribution >= 0.6 is 0 Å². The average molecular weight is 760 g/mol. The highest BCUT2D eigenvalue weighted by Crippen LogP contribution is 2.59. The number of carbonyl (C=O) groups excluding carboxylic acids is 3. The third-order valence-corrected chi connectivity index (χ3v) is 9.81. The van der Waals surface area contributed by atoms with Gasteiger partial charge in [-0.1, -0.05) is 13.8 Å². The smallest absolute Gasteiger partial charge is 0.410 e. The second-order valence-electron chi connectivity index (χ2n) is 15.3. The van der Waals surface area contributed by atoms with Gasteiger partial charge in [-0.25, -0.2) is 13.6 Å². The normalized spacial score (nSPS) is 18.0. The van der Waals surface area contributed by atoms with Crippen LogP contribution in [-0.4, -0.2) is 84.7 Å². The summed E-state index contributed by atoms with van der Waals surface area (Å²) in [6.07, 6.45) is 1.99. The lowest BCUT2D eigenvalue weighted by Gasteiger charge is -2.35. The lowest BCUT2D eigenvalue weighted by atomic mass is 10.1. The van der Waals surface area contributed by atoms with E-state index in [1.807, 2.05) is 34.6 Å². The topological polar surface area (TPSA) is 132 Å². The summed E-state index contributed by atoms with van der Waals surface area (Å²) in [5.41, 5.74) is 0.0255. The van der Waals surface area contributed by atoms with Crippen molar-refractivity contribution in [1.82, 2.24) is 14.8 Å². The van der Waals surface area contributed by atoms with E-state index < -0.39 is 40.4 Å². The quantitative estimate of drug-likeness (QED) is 0.141. The van der Waals surface area contributed by atoms with Gasteiger partial charge in [0.05, 0.1) is 31.1 Å². The standard InChI is InChI=1S/C41H47F2N5O7/c1-40(2,3)55-39(51)48-19-17-47(18-20-48)16-7-21-53-34-23-28-30(24-33(34)52-6)44-15-14-31(28)54-32-13-12-27(22-29(32)43)46-38(50)36-35(41(36,4)5)37(49)45-26-10-8-25(42)9-11-26/h8-15,22-24,35-36H,7,16-21H2,1-6H3,(H,45,49)(H,46,50)/t35-,36+/m0/s1. The number of halogens is 2. The van der Waals surface area contributed by atoms with Gasteiger partial charge < -0.3 is 34.5 Å². The summed E-state index contributed by atoms with van der Waals surface area (Å²) in [7, 11) is 1.54. The Kier molecular flexibility index (Phi) is 11.5. The number of amides is 3. The van der Waals surface area contributed by atoms with Crippen molar-refractivity contribution in [2.24, 2.45) is 17.3 Å². The van der Waals surface area contributed by atoms with Crippen molar-refractivity contribution in [3.63, 3.8) is 0 Å². The summed E-state index contributed by atoms with van der Waals surface area (Å²) in [5.74, 6) is -1.93. The number of rotatable bonds is 12. The van der Waals surface area contributed by atoms with E-state index in [1.165, 1.54) is 36.4 Å². The number of hydrogen-bond donors (Lipinski definition) is 2. The van der Waals surface area contributed by atoms with Crippen LogP contribution in [0.5, 0.6) is 23.0 Å². The van der Waals surface area contributed by atoms with E-state index in [0.29, 0.717) is 53.5 Å². The van der Waals surface area contributed by atoms with Gasteiger partial charge in [-0.2, -0.15) is 0 Å². The van der Waals surface area contributed by atoms with Crippen LogP contribution in [0.2, 0.25) is 0 Å². The SMILES string of the molecule is COc1cc2nccc(Oc3ccc(NC(=O)[C@H]4[C@@H](C(=O)Nc5ccc(F)cc5)C4(C)C)cc3F)c2cc1OCCCN1CCN(C(=O)OC(C)(C)C)CC1. The van der Waals surface area contributed by atoms with Crippen LogP contribution < -0.4 is 24.8 Å². The minimum absolute atomic E-state index is 0.0705. The number of ether oxygens (including phenoxy) is 4. The van der Waals surface area contributed by atoms with E-state index in [4.69, 9.17) is 18.9 Å². The summed E-state index contributed by atoms with van der Waals surface area (Å²) in [5, 5.41) is 6.04. The van der Waals surface area contributed by atoms with Crippen LogP contribution in [0.1, 0.15) is 41.0 Å². The highest BCUT2D eigenvalue weighted by Gasteiger charge is 2.65. The molecule has 6 rings (SSSR count). The molecule has 292 valence electrons. The number of benzene rings is 3. The molecule has 1 saturated heterocycles. The molecule has 55 heavy (non-hydrogen) atoms. The van der Waals surface area contributed by atoms with Crippen LogP contribution in [-0.2, 0) is 14.3 Å². The maximum Gasteiger partial charge on any atom is 0.410 e. The number of pyridine rings is 1. The highest BCUT2D eigenvalue weighted by molar-refractivity contribution is 6.04. The molecule has 0 unspecified atom stereocenters. The van der Waals surface area contributed by atoms with Crippen molar-refractivity contribution in [2.75, 3.05) is 57.1 Å². The Morgan fingerprint density at radius 2 is 1.49 bits per heavy atom. The van der Waals surface area contributed by atoms with E-state index in [-0.39, 0.29) is 23.4 Å². The molecule has 0 spiro atoms. The fourth-order valence-corrected chi connectivity index (χ4v) is 6.81. The summed E-state index contributed by atoms with van der Waals surface area (Å²) in [6.45, 7) is 13.1. The van der Waals surface area contributed by atoms with Gasteiger partial charge in [0.25, 0.3) is 0 Å². The van der Waals surface area contributed by atoms with Gasteiger partial charge in [-0.15, -0.1) is 0 Å². The molecule has 12 nitrogen and oxygen atoms in total. The van der Waals surface area contributed by atoms with E-state index in [2.05, 4.69) is 20.5 Å². The van der Waals surface area contributed by atoms with E-state index >= 15 is 4.39 Å². The maximum absolute atomic E-state index is 15.5. The van der Waals surface area contributed by atoms with Crippen LogP contribution in [0, 0.1) is 28.9 Å². The Morgan fingerprint density at radius 3 is 2.13 bits per heavy atom. The second-order valence-corrected chi connectivity index (χ2v) is 15.3. The van der Waals surface area contributed by atoms with Gasteiger partial charge in [-0.05, 0) is 81.1 Å². The molecule has 3 amide bonds. The van der Waals surface area contributed by atoms with Crippen LogP contribution in [0.25, 0.3) is 10.9 Å². The number of anilines is 2. The Bertz CT molecular complexity index is 2050. The zero-order chi connectivity index (χ0) is 39.5. The fourth-order valence-electron chi connectivity index (χ4n) is 6.81. The first-order chi connectivity index (χ1) is 26.1. The van der Waals surface area contributed by atoms with Gasteiger partial charge in [0.1, 0.15) is 17.2 Å². The fraction of sp³-hybridized carbons (Fsp3) is 0.415. The molecule has 2 atom stereocenters. The minimum atomic E-state index is -0.708. The monoisotopic (exact) mass is 759 g/mol. The summed E-state index contributed by atoms with van der Waals surface area (Å²) < 4.78 is 52.0. The molecule has 2 heterocycles. The molecular formula is C41H47F2N5O7. The Morgan fingerprint density at radius 1 is 0.836 bits per heavy atom. The van der Waals surface area contributed by atoms with Crippen molar-refractivity contribution in [2.45, 2.75) is 46.6 Å². The van der Waals surface area contributed by atoms with Gasteiger partial charge in [0.15, 0.2) is 23.1 Å². The lowest BCUT2D eigenvalue weighted by Crippen LogP contribution is -2.50. The first-order valence-corrected chi connectivity index (χ1v) is 18.3. The Balaban J connectivity index is 1.05. The number of piperazine rings is 1. The van der Waals surface area contributed by atoms with Gasteiger partial charge in [-0.3, -0.25) is 19.5 Å². The number of nitrogens with one attached hydrogen (secondary N) is 2. The van der Waals surface area contributed by atoms with Crippen molar-refractivity contribution in [3.05, 3.63) is 78.5 Å². The molecule has 4 aromatic rings. The van der Waals surface area contributed by atoms with Crippen LogP contribution in [0.4, 0.5) is 25.0 Å². The first kappa shape index (κ1) is 39.2. The third-order valence-electron chi connectivity index (χ3n) is 9.81. The molecule has 0 bridgehead atoms. The van der Waals surface area contributed by atoms with Crippen molar-refractivity contribution >= 4 is 40.2 Å². The zero-order valence-electron chi connectivity index (χ0n) is 31.9. The molecule has 2 N–H and O–H groups in total. The Hall–Kier alpha value is -5.50. The van der Waals surface area contributed by atoms with E-state index in [1.54, 1.807) is 36.4 Å². The first-order valence-electron chi connectivity index (χ1n) is 18.3. The number of nitrogens with zero attached hydrogens (tertiary/aromatic N) is 3. The maximum atomic E-state index is 15.5. The molecule has 2 fully saturated rings. The highest BCUT2D eigenvalue weighted by atomic mass is 19.1. The second kappa shape index (κ2) is 16.1. The number of hydrogen-bond acceptors (Lipinski definition) is 9. The van der Waals surface area contributed by atoms with Gasteiger partial charge in [0.2, 0.25) is 11.8 Å². The largest absolute Gasteiger partial charge is 0.493 e. The summed E-state index contributed by atoms with van der Waals surface area (Å²) in [6, 6.07) is 14.6. The van der Waals surface area contributed by atoms with Crippen LogP contribution in [0.3, 0.4) is 0 Å².